The van der Waals surface area contributed by atoms with Gasteiger partial charge in [0.15, 0.2) is 6.73 Å². The SMILES string of the molecule is CCCCOc1ccc(N2COc3c(cc4c(CCC)cc(=O)oc4c3C)C2)cc1. The van der Waals surface area contributed by atoms with Crippen LogP contribution in [0.4, 0.5) is 5.69 Å². The predicted octanol–water partition coefficient (Wildman–Crippen LogP) is 5.59. The van der Waals surface area contributed by atoms with Gasteiger partial charge in [-0.2, -0.15) is 0 Å². The van der Waals surface area contributed by atoms with Gasteiger partial charge in [0.1, 0.15) is 17.1 Å². The number of hydrogen-bond donors (Lipinski definition) is 0. The van der Waals surface area contributed by atoms with Gasteiger partial charge in [-0.05, 0) is 55.7 Å². The number of ether oxygens (including phenoxy) is 2. The molecule has 2 aromatic carbocycles. The summed E-state index contributed by atoms with van der Waals surface area (Å²) in [7, 11) is 0. The van der Waals surface area contributed by atoms with Crippen molar-refractivity contribution < 1.29 is 13.9 Å². The minimum absolute atomic E-state index is 0.298. The molecule has 4 rings (SSSR count). The number of aryl methyl sites for hydroxylation is 2. The van der Waals surface area contributed by atoms with Crippen molar-refractivity contribution >= 4 is 16.7 Å². The summed E-state index contributed by atoms with van der Waals surface area (Å²) in [6.45, 7) is 8.19. The zero-order valence-corrected chi connectivity index (χ0v) is 18.0. The molecule has 5 heteroatoms. The van der Waals surface area contributed by atoms with Crippen molar-refractivity contribution in [2.45, 2.75) is 53.0 Å². The highest BCUT2D eigenvalue weighted by Gasteiger charge is 2.23. The average Bonchev–Trinajstić information content (AvgIpc) is 2.75. The Balaban J connectivity index is 1.62. The van der Waals surface area contributed by atoms with Crippen LogP contribution < -0.4 is 20.0 Å². The predicted molar refractivity (Wildman–Crippen MR) is 120 cm³/mol. The summed E-state index contributed by atoms with van der Waals surface area (Å²) in [6.07, 6.45) is 4.01. The van der Waals surface area contributed by atoms with Crippen LogP contribution in [0.15, 0.2) is 45.6 Å². The average molecular weight is 408 g/mol. The summed E-state index contributed by atoms with van der Waals surface area (Å²) in [4.78, 5) is 14.2. The van der Waals surface area contributed by atoms with Crippen molar-refractivity contribution in [1.29, 1.82) is 0 Å². The molecule has 5 nitrogen and oxygen atoms in total. The van der Waals surface area contributed by atoms with Gasteiger partial charge >= 0.3 is 5.63 Å². The maximum atomic E-state index is 12.0. The molecule has 0 saturated heterocycles. The summed E-state index contributed by atoms with van der Waals surface area (Å²) >= 11 is 0. The van der Waals surface area contributed by atoms with E-state index < -0.39 is 0 Å². The monoisotopic (exact) mass is 407 g/mol. The smallest absolute Gasteiger partial charge is 0.336 e. The van der Waals surface area contributed by atoms with Crippen LogP contribution in [0.25, 0.3) is 11.0 Å². The fourth-order valence-electron chi connectivity index (χ4n) is 4.01. The second-order valence-corrected chi connectivity index (χ2v) is 7.87. The Kier molecular flexibility index (Phi) is 5.98. The Morgan fingerprint density at radius 1 is 1.10 bits per heavy atom. The van der Waals surface area contributed by atoms with Crippen molar-refractivity contribution in [3.05, 3.63) is 63.5 Å². The first-order valence-corrected chi connectivity index (χ1v) is 10.8. The second kappa shape index (κ2) is 8.82. The number of anilines is 1. The van der Waals surface area contributed by atoms with Crippen LogP contribution in [0.5, 0.6) is 11.5 Å². The number of fused-ring (bicyclic) bond motifs is 2. The number of unbranched alkanes of at least 4 members (excludes halogenated alkanes) is 1. The molecule has 158 valence electrons. The van der Waals surface area contributed by atoms with E-state index in [9.17, 15) is 4.79 Å². The lowest BCUT2D eigenvalue weighted by Crippen LogP contribution is -2.32. The van der Waals surface area contributed by atoms with E-state index in [1.807, 2.05) is 19.1 Å². The third-order valence-corrected chi connectivity index (χ3v) is 5.59. The number of benzene rings is 2. The molecule has 0 atom stereocenters. The van der Waals surface area contributed by atoms with Crippen molar-refractivity contribution in [2.75, 3.05) is 18.2 Å². The van der Waals surface area contributed by atoms with Crippen LogP contribution >= 0.6 is 0 Å². The molecule has 0 saturated carbocycles. The molecule has 1 aliphatic rings. The second-order valence-electron chi connectivity index (χ2n) is 7.87. The van der Waals surface area contributed by atoms with Gasteiger partial charge in [0.25, 0.3) is 0 Å². The zero-order valence-electron chi connectivity index (χ0n) is 18.0. The van der Waals surface area contributed by atoms with E-state index in [2.05, 4.69) is 36.9 Å². The van der Waals surface area contributed by atoms with Gasteiger partial charge in [-0.3, -0.25) is 0 Å². The molecular weight excluding hydrogens is 378 g/mol. The molecule has 1 aliphatic heterocycles. The molecule has 0 unspecified atom stereocenters. The highest BCUT2D eigenvalue weighted by molar-refractivity contribution is 5.86. The Morgan fingerprint density at radius 3 is 2.63 bits per heavy atom. The number of nitrogens with zero attached hydrogens (tertiary/aromatic N) is 1. The van der Waals surface area contributed by atoms with Crippen LogP contribution in [-0.4, -0.2) is 13.3 Å². The minimum Gasteiger partial charge on any atom is -0.494 e. The molecular formula is C25H29NO4. The first kappa shape index (κ1) is 20.3. The standard InChI is InChI=1S/C25H29NO4/c1-4-6-12-28-21-10-8-20(9-11-21)26-15-19-13-22-18(7-5-2)14-23(27)30-25(22)17(3)24(19)29-16-26/h8-11,13-14H,4-7,12,15-16H2,1-3H3. The van der Waals surface area contributed by atoms with E-state index in [-0.39, 0.29) is 5.63 Å². The largest absolute Gasteiger partial charge is 0.494 e. The van der Waals surface area contributed by atoms with Gasteiger partial charge in [-0.1, -0.05) is 26.7 Å². The summed E-state index contributed by atoms with van der Waals surface area (Å²) in [5.74, 6) is 1.72. The van der Waals surface area contributed by atoms with Gasteiger partial charge in [0.2, 0.25) is 0 Å². The molecule has 3 aromatic rings. The van der Waals surface area contributed by atoms with Gasteiger partial charge < -0.3 is 18.8 Å². The minimum atomic E-state index is -0.298. The first-order chi connectivity index (χ1) is 14.6. The quantitative estimate of drug-likeness (QED) is 0.377. The zero-order chi connectivity index (χ0) is 21.1. The lowest BCUT2D eigenvalue weighted by atomic mass is 9.98. The Labute approximate surface area is 177 Å². The molecule has 0 fully saturated rings. The molecule has 0 aliphatic carbocycles. The Morgan fingerprint density at radius 2 is 1.90 bits per heavy atom. The molecule has 0 amide bonds. The van der Waals surface area contributed by atoms with Crippen LogP contribution in [0.2, 0.25) is 0 Å². The van der Waals surface area contributed by atoms with Gasteiger partial charge in [0, 0.05) is 34.8 Å². The maximum Gasteiger partial charge on any atom is 0.336 e. The van der Waals surface area contributed by atoms with Crippen LogP contribution in [-0.2, 0) is 13.0 Å². The Bertz CT molecular complexity index is 1080. The normalized spacial score (nSPS) is 13.2. The van der Waals surface area contributed by atoms with E-state index in [1.165, 1.54) is 0 Å². The third kappa shape index (κ3) is 4.02. The lowest BCUT2D eigenvalue weighted by molar-refractivity contribution is 0.287. The van der Waals surface area contributed by atoms with Crippen LogP contribution in [0.1, 0.15) is 49.8 Å². The summed E-state index contributed by atoms with van der Waals surface area (Å²) in [5, 5.41) is 1.01. The topological polar surface area (TPSA) is 51.9 Å². The van der Waals surface area contributed by atoms with Crippen molar-refractivity contribution in [1.82, 2.24) is 0 Å². The molecule has 0 bridgehead atoms. The molecule has 0 radical (unpaired) electrons. The van der Waals surface area contributed by atoms with Crippen molar-refractivity contribution in [3.8, 4) is 11.5 Å². The Hall–Kier alpha value is -2.95. The van der Waals surface area contributed by atoms with Crippen LogP contribution in [0, 0.1) is 6.92 Å². The van der Waals surface area contributed by atoms with E-state index in [4.69, 9.17) is 13.9 Å². The molecule has 0 spiro atoms. The number of rotatable bonds is 7. The van der Waals surface area contributed by atoms with E-state index in [0.717, 1.165) is 78.1 Å². The summed E-state index contributed by atoms with van der Waals surface area (Å²) in [5.41, 5.74) is 4.49. The maximum absolute atomic E-state index is 12.0. The van der Waals surface area contributed by atoms with Gasteiger partial charge in [-0.15, -0.1) is 0 Å². The van der Waals surface area contributed by atoms with E-state index in [0.29, 0.717) is 12.3 Å². The van der Waals surface area contributed by atoms with Crippen LogP contribution in [0.3, 0.4) is 0 Å². The highest BCUT2D eigenvalue weighted by atomic mass is 16.5. The molecule has 30 heavy (non-hydrogen) atoms. The summed E-state index contributed by atoms with van der Waals surface area (Å²) < 4.78 is 17.4. The molecule has 1 aromatic heterocycles. The third-order valence-electron chi connectivity index (χ3n) is 5.59. The van der Waals surface area contributed by atoms with Gasteiger partial charge in [0.05, 0.1) is 6.61 Å². The fraction of sp³-hybridized carbons (Fsp3) is 0.400. The number of hydrogen-bond acceptors (Lipinski definition) is 5. The van der Waals surface area contributed by atoms with Gasteiger partial charge in [-0.25, -0.2) is 4.79 Å². The lowest BCUT2D eigenvalue weighted by Gasteiger charge is -2.32. The highest BCUT2D eigenvalue weighted by Crippen LogP contribution is 2.37. The van der Waals surface area contributed by atoms with Crippen molar-refractivity contribution in [2.24, 2.45) is 0 Å². The first-order valence-electron chi connectivity index (χ1n) is 10.8. The fourth-order valence-corrected chi connectivity index (χ4v) is 4.01. The van der Waals surface area contributed by atoms with E-state index >= 15 is 0 Å². The molecule has 2 heterocycles. The molecule has 0 N–H and O–H groups in total. The summed E-state index contributed by atoms with van der Waals surface area (Å²) in [6, 6.07) is 11.9. The van der Waals surface area contributed by atoms with E-state index in [1.54, 1.807) is 6.07 Å². The van der Waals surface area contributed by atoms with Crippen molar-refractivity contribution in [3.63, 3.8) is 0 Å².